The fourth-order valence-corrected chi connectivity index (χ4v) is 9.38. The van der Waals surface area contributed by atoms with Gasteiger partial charge in [0.15, 0.2) is 10.9 Å². The zero-order valence-electron chi connectivity index (χ0n) is 34.0. The van der Waals surface area contributed by atoms with E-state index in [1.807, 2.05) is 0 Å². The minimum absolute atomic E-state index is 0.0349. The number of ether oxygens (including phenoxy) is 1. The molecule has 1 aliphatic carbocycles. The Morgan fingerprint density at radius 2 is 1.77 bits per heavy atom. The molecule has 3 aromatic rings. The highest BCUT2D eigenvalue weighted by Crippen LogP contribution is 2.41. The lowest BCUT2D eigenvalue weighted by molar-refractivity contribution is -0.197. The molecule has 3 saturated heterocycles. The van der Waals surface area contributed by atoms with Crippen LogP contribution in [0.3, 0.4) is 0 Å². The van der Waals surface area contributed by atoms with Gasteiger partial charge in [-0.1, -0.05) is 6.07 Å². The van der Waals surface area contributed by atoms with Crippen molar-refractivity contribution in [3.63, 3.8) is 0 Å². The van der Waals surface area contributed by atoms with Crippen LogP contribution in [-0.2, 0) is 32.3 Å². The molecule has 0 spiro atoms. The Labute approximate surface area is 357 Å². The van der Waals surface area contributed by atoms with Crippen LogP contribution < -0.4 is 20.4 Å². The van der Waals surface area contributed by atoms with Crippen LogP contribution in [0.25, 0.3) is 10.9 Å². The molecule has 5 amide bonds. The first kappa shape index (κ1) is 44.7. The molecular weight excluding hydrogens is 847 g/mol. The van der Waals surface area contributed by atoms with Gasteiger partial charge in [-0.3, -0.25) is 44.0 Å². The molecule has 62 heavy (non-hydrogen) atoms. The molecule has 1 saturated carbocycles. The number of rotatable bonds is 10. The van der Waals surface area contributed by atoms with Crippen molar-refractivity contribution in [1.29, 1.82) is 5.26 Å². The summed E-state index contributed by atoms with van der Waals surface area (Å²) in [7, 11) is 1.60. The molecule has 1 atom stereocenters. The number of nitrogens with one attached hydrogen (secondary N) is 2. The molecule has 1 unspecified atom stereocenters. The summed E-state index contributed by atoms with van der Waals surface area (Å²) in [6.45, 7) is 3.12. The van der Waals surface area contributed by atoms with Gasteiger partial charge < -0.3 is 15.0 Å². The maximum Gasteiger partial charge on any atom is 0.417 e. The van der Waals surface area contributed by atoms with Gasteiger partial charge in [0, 0.05) is 57.6 Å². The number of aryl methyl sites for hydroxylation is 1. The number of fused-ring (bicyclic) bond motifs is 1. The molecule has 15 nitrogen and oxygen atoms in total. The van der Waals surface area contributed by atoms with E-state index >= 15 is 0 Å². The van der Waals surface area contributed by atoms with Crippen molar-refractivity contribution in [2.75, 3.05) is 61.0 Å². The molecule has 22 heteroatoms. The molecule has 0 radical (unpaired) electrons. The van der Waals surface area contributed by atoms with E-state index in [2.05, 4.69) is 15.7 Å². The summed E-state index contributed by atoms with van der Waals surface area (Å²) in [6.07, 6.45) is -7.39. The predicted octanol–water partition coefficient (Wildman–Crippen LogP) is 5.14. The van der Waals surface area contributed by atoms with Crippen molar-refractivity contribution in [2.24, 2.45) is 7.05 Å². The van der Waals surface area contributed by atoms with Crippen LogP contribution in [0.2, 0.25) is 0 Å². The molecule has 0 bridgehead atoms. The Morgan fingerprint density at radius 1 is 1.05 bits per heavy atom. The van der Waals surface area contributed by atoms with Crippen LogP contribution >= 0.6 is 12.2 Å². The Bertz CT molecular complexity index is 2320. The number of imide groups is 1. The van der Waals surface area contributed by atoms with Crippen LogP contribution in [0, 0.1) is 11.3 Å². The number of carbonyl (C=O) groups is 4. The summed E-state index contributed by atoms with van der Waals surface area (Å²) in [6, 6.07) is 6.70. The van der Waals surface area contributed by atoms with Crippen LogP contribution in [0.5, 0.6) is 0 Å². The SMILES string of the molecule is Cn1nc(N2CCC(=O)NC2=O)c2cccc(NC(=O)CN3CCN(CCOC4CCC(N5C(=S)N(c6ccc(C#N)c(C(F)(F)F)c6)C(=O)C5(C)C)CC4)CC3C(F)(F)F)c21. The van der Waals surface area contributed by atoms with Crippen molar-refractivity contribution in [3.8, 4) is 6.07 Å². The van der Waals surface area contributed by atoms with E-state index in [-0.39, 0.29) is 74.5 Å². The first-order valence-electron chi connectivity index (χ1n) is 20.0. The first-order valence-corrected chi connectivity index (χ1v) is 20.4. The minimum Gasteiger partial charge on any atom is -0.377 e. The topological polar surface area (TPSA) is 159 Å². The highest BCUT2D eigenvalue weighted by molar-refractivity contribution is 7.80. The normalized spacial score (nSPS) is 23.0. The largest absolute Gasteiger partial charge is 0.417 e. The lowest BCUT2D eigenvalue weighted by atomic mass is 9.89. The minimum atomic E-state index is -4.82. The van der Waals surface area contributed by atoms with E-state index in [0.29, 0.717) is 42.3 Å². The van der Waals surface area contributed by atoms with Gasteiger partial charge in [-0.2, -0.15) is 36.7 Å². The number of aromatic nitrogens is 2. The molecule has 332 valence electrons. The van der Waals surface area contributed by atoms with Crippen molar-refractivity contribution in [3.05, 3.63) is 47.5 Å². The molecule has 3 aliphatic heterocycles. The molecular formula is C40H44F6N10O5S. The number of thiocarbonyl (C=S) groups is 1. The number of anilines is 3. The number of amides is 5. The van der Waals surface area contributed by atoms with Gasteiger partial charge in [-0.05, 0) is 82.1 Å². The Kier molecular flexibility index (Phi) is 12.3. The van der Waals surface area contributed by atoms with Crippen molar-refractivity contribution in [2.45, 2.75) is 82.0 Å². The summed E-state index contributed by atoms with van der Waals surface area (Å²) in [5.41, 5.74) is -2.26. The van der Waals surface area contributed by atoms with Crippen LogP contribution in [-0.4, -0.2) is 129 Å². The van der Waals surface area contributed by atoms with Crippen molar-refractivity contribution < 1.29 is 50.3 Å². The van der Waals surface area contributed by atoms with E-state index in [0.717, 1.165) is 21.9 Å². The van der Waals surface area contributed by atoms with Gasteiger partial charge in [-0.25, -0.2) is 4.79 Å². The molecule has 4 heterocycles. The molecule has 7 rings (SSSR count). The second-order valence-corrected chi connectivity index (χ2v) is 16.6. The number of carbonyl (C=O) groups excluding carboxylic acids is 4. The number of alkyl halides is 6. The van der Waals surface area contributed by atoms with E-state index in [1.165, 1.54) is 21.7 Å². The van der Waals surface area contributed by atoms with E-state index < -0.39 is 65.4 Å². The maximum atomic E-state index is 14.4. The average molecular weight is 891 g/mol. The number of benzene rings is 2. The van der Waals surface area contributed by atoms with Crippen molar-refractivity contribution in [1.82, 2.24) is 29.8 Å². The second-order valence-electron chi connectivity index (χ2n) is 16.3. The first-order chi connectivity index (χ1) is 29.2. The smallest absolute Gasteiger partial charge is 0.377 e. The number of hydrogen-bond donors (Lipinski definition) is 2. The Morgan fingerprint density at radius 3 is 2.44 bits per heavy atom. The number of piperazine rings is 1. The maximum absolute atomic E-state index is 14.4. The molecule has 2 N–H and O–H groups in total. The quantitative estimate of drug-likeness (QED) is 0.205. The summed E-state index contributed by atoms with van der Waals surface area (Å²) >= 11 is 5.68. The summed E-state index contributed by atoms with van der Waals surface area (Å²) < 4.78 is 92.1. The van der Waals surface area contributed by atoms with Gasteiger partial charge in [0.05, 0.1) is 53.3 Å². The van der Waals surface area contributed by atoms with Gasteiger partial charge in [-0.15, -0.1) is 0 Å². The van der Waals surface area contributed by atoms with Gasteiger partial charge in [0.25, 0.3) is 5.91 Å². The van der Waals surface area contributed by atoms with Crippen LogP contribution in [0.4, 0.5) is 48.3 Å². The zero-order valence-corrected chi connectivity index (χ0v) is 34.8. The monoisotopic (exact) mass is 890 g/mol. The van der Waals surface area contributed by atoms with Gasteiger partial charge in [0.1, 0.15) is 11.6 Å². The Balaban J connectivity index is 0.910. The third kappa shape index (κ3) is 8.80. The fraction of sp³-hybridized carbons (Fsp3) is 0.525. The predicted molar refractivity (Wildman–Crippen MR) is 217 cm³/mol. The number of nitriles is 1. The molecule has 4 fully saturated rings. The number of halogens is 6. The van der Waals surface area contributed by atoms with E-state index in [4.69, 9.17) is 17.0 Å². The number of nitrogens with zero attached hydrogens (tertiary/aromatic N) is 8. The summed E-state index contributed by atoms with van der Waals surface area (Å²) in [4.78, 5) is 58.0. The summed E-state index contributed by atoms with van der Waals surface area (Å²) in [5.74, 6) is -1.30. The average Bonchev–Trinajstić information content (AvgIpc) is 3.63. The number of para-hydroxylation sites is 1. The Hall–Kier alpha value is -5.37. The van der Waals surface area contributed by atoms with Gasteiger partial charge >= 0.3 is 18.4 Å². The highest BCUT2D eigenvalue weighted by Gasteiger charge is 2.53. The summed E-state index contributed by atoms with van der Waals surface area (Å²) in [5, 5.41) is 19.2. The van der Waals surface area contributed by atoms with Crippen molar-refractivity contribution >= 4 is 69.2 Å². The standard InChI is InChI=1S/C40H44F6N10O5S/c1-38(2)35(59)55(25-8-7-23(20-47)28(19-25)39(41,42)43)37(62)56(38)24-9-11-26(12-10-24)61-18-17-52-15-16-53(30(21-52)40(44,45)46)22-32(58)48-29-6-4-5-27-33(29)51(3)50-34(27)54-14-13-31(57)49-36(54)60/h4-8,19,24,26,30H,9-18,21-22H2,1-3H3,(H,48,58)(H,49,57,60). The lowest BCUT2D eigenvalue weighted by Crippen LogP contribution is -2.60. The highest BCUT2D eigenvalue weighted by atomic mass is 32.1. The number of urea groups is 1. The van der Waals surface area contributed by atoms with E-state index in [9.17, 15) is 50.8 Å². The molecule has 1 aromatic heterocycles. The van der Waals surface area contributed by atoms with E-state index in [1.54, 1.807) is 48.9 Å². The lowest BCUT2D eigenvalue weighted by Gasteiger charge is -2.42. The molecule has 4 aliphatic rings. The zero-order chi connectivity index (χ0) is 44.9. The third-order valence-corrected chi connectivity index (χ3v) is 12.3. The number of hydrogen-bond acceptors (Lipinski definition) is 10. The fourth-order valence-electron chi connectivity index (χ4n) is 8.81. The van der Waals surface area contributed by atoms with Gasteiger partial charge in [0.2, 0.25) is 11.8 Å². The second kappa shape index (κ2) is 17.1. The third-order valence-electron chi connectivity index (χ3n) is 11.9. The van der Waals surface area contributed by atoms with Crippen LogP contribution in [0.15, 0.2) is 36.4 Å². The van der Waals surface area contributed by atoms with Crippen LogP contribution in [0.1, 0.15) is 57.1 Å². The molecule has 2 aromatic carbocycles.